The second-order valence-corrected chi connectivity index (χ2v) is 7.96. The van der Waals surface area contributed by atoms with Crippen LogP contribution in [0.2, 0.25) is 0 Å². The maximum atomic E-state index is 13.1. The topological polar surface area (TPSA) is 89.0 Å². The summed E-state index contributed by atoms with van der Waals surface area (Å²) in [6.45, 7) is 5.22. The Morgan fingerprint density at radius 1 is 1.31 bits per heavy atom. The number of aromatic amines is 1. The molecule has 1 aromatic carbocycles. The molecule has 1 saturated carbocycles. The highest BCUT2D eigenvalue weighted by molar-refractivity contribution is 5.99. The van der Waals surface area contributed by atoms with Crippen molar-refractivity contribution in [3.63, 3.8) is 0 Å². The van der Waals surface area contributed by atoms with Crippen LogP contribution in [-0.4, -0.2) is 45.7 Å². The van der Waals surface area contributed by atoms with E-state index >= 15 is 0 Å². The van der Waals surface area contributed by atoms with Gasteiger partial charge in [0, 0.05) is 47.5 Å². The number of Topliss-reactive ketones (excluding diaryl/α,β-unsaturated/α-hetero) is 1. The van der Waals surface area contributed by atoms with E-state index in [2.05, 4.69) is 15.4 Å². The lowest BCUT2D eigenvalue weighted by molar-refractivity contribution is 0.0916. The Labute approximate surface area is 168 Å². The molecule has 29 heavy (non-hydrogen) atoms. The third kappa shape index (κ3) is 2.97. The number of ketones is 1. The van der Waals surface area contributed by atoms with Gasteiger partial charge in [-0.2, -0.15) is 5.10 Å². The van der Waals surface area contributed by atoms with Crippen LogP contribution in [0.15, 0.2) is 36.5 Å². The molecule has 0 radical (unpaired) electrons. The van der Waals surface area contributed by atoms with Gasteiger partial charge >= 0.3 is 0 Å². The highest BCUT2D eigenvalue weighted by Crippen LogP contribution is 2.44. The average molecular weight is 392 g/mol. The van der Waals surface area contributed by atoms with E-state index in [0.29, 0.717) is 42.9 Å². The number of fused-ring (bicyclic) bond motifs is 2. The number of rotatable bonds is 6. The molecule has 3 aromatic rings. The van der Waals surface area contributed by atoms with E-state index < -0.39 is 0 Å². The van der Waals surface area contributed by atoms with Crippen LogP contribution in [0.4, 0.5) is 0 Å². The quantitative estimate of drug-likeness (QED) is 0.631. The Hall–Kier alpha value is -2.93. The van der Waals surface area contributed by atoms with Crippen molar-refractivity contribution in [3.8, 4) is 0 Å². The first-order valence-corrected chi connectivity index (χ1v) is 10.2. The van der Waals surface area contributed by atoms with Gasteiger partial charge < -0.3 is 15.0 Å². The summed E-state index contributed by atoms with van der Waals surface area (Å²) in [5, 5.41) is 8.75. The number of H-pyrrole nitrogens is 1. The Morgan fingerprint density at radius 3 is 2.86 bits per heavy atom. The molecule has 2 unspecified atom stereocenters. The molecule has 2 N–H and O–H groups in total. The number of benzene rings is 1. The van der Waals surface area contributed by atoms with Crippen molar-refractivity contribution in [2.24, 2.45) is 11.8 Å². The van der Waals surface area contributed by atoms with E-state index in [0.717, 1.165) is 16.5 Å². The Balaban J connectivity index is 1.50. The second-order valence-electron chi connectivity index (χ2n) is 7.96. The number of ether oxygens (including phenoxy) is 1. The van der Waals surface area contributed by atoms with Gasteiger partial charge in [0.15, 0.2) is 5.78 Å². The summed E-state index contributed by atoms with van der Waals surface area (Å²) in [6.07, 6.45) is 2.25. The molecule has 1 amide bonds. The van der Waals surface area contributed by atoms with Crippen LogP contribution in [0.3, 0.4) is 0 Å². The molecule has 3 heterocycles. The van der Waals surface area contributed by atoms with Crippen LogP contribution in [0.25, 0.3) is 10.9 Å². The molecular weight excluding hydrogens is 368 g/mol. The normalized spacial score (nSPS) is 23.7. The van der Waals surface area contributed by atoms with E-state index in [9.17, 15) is 9.59 Å². The zero-order valence-electron chi connectivity index (χ0n) is 16.5. The Morgan fingerprint density at radius 2 is 2.10 bits per heavy atom. The Bertz CT molecular complexity index is 1090. The lowest BCUT2D eigenvalue weighted by Crippen LogP contribution is -2.32. The minimum absolute atomic E-state index is 0.0680. The maximum absolute atomic E-state index is 13.1. The van der Waals surface area contributed by atoms with Crippen LogP contribution in [0.5, 0.6) is 0 Å². The molecule has 0 spiro atoms. The van der Waals surface area contributed by atoms with Crippen LogP contribution in [0.1, 0.15) is 52.9 Å². The molecule has 2 fully saturated rings. The highest BCUT2D eigenvalue weighted by Gasteiger charge is 2.55. The predicted octanol–water partition coefficient (Wildman–Crippen LogP) is 2.94. The zero-order valence-corrected chi connectivity index (χ0v) is 16.5. The highest BCUT2D eigenvalue weighted by atomic mass is 16.5. The van der Waals surface area contributed by atoms with Crippen molar-refractivity contribution in [2.45, 2.75) is 32.4 Å². The zero-order chi connectivity index (χ0) is 20.1. The van der Waals surface area contributed by atoms with Crippen LogP contribution < -0.4 is 5.32 Å². The lowest BCUT2D eigenvalue weighted by Gasteiger charge is -2.17. The molecule has 5 rings (SSSR count). The van der Waals surface area contributed by atoms with Crippen molar-refractivity contribution in [2.75, 3.05) is 13.2 Å². The third-order valence-corrected chi connectivity index (χ3v) is 6.27. The molecule has 0 bridgehead atoms. The SMILES string of the molecule is CCC(=O)c1cc(C(=O)NC2[C@H]3COC[C@@H]23)n(C(C)c2cccc3[nH]ccc23)n1. The minimum atomic E-state index is -0.198. The molecule has 4 atom stereocenters. The fourth-order valence-electron chi connectivity index (χ4n) is 4.46. The molecular formula is C22H24N4O3. The lowest BCUT2D eigenvalue weighted by atomic mass is 10.0. The van der Waals surface area contributed by atoms with Crippen molar-refractivity contribution < 1.29 is 14.3 Å². The smallest absolute Gasteiger partial charge is 0.269 e. The monoisotopic (exact) mass is 392 g/mol. The molecule has 1 saturated heterocycles. The average Bonchev–Trinajstić information content (AvgIpc) is 3.27. The predicted molar refractivity (Wildman–Crippen MR) is 108 cm³/mol. The van der Waals surface area contributed by atoms with Gasteiger partial charge in [-0.1, -0.05) is 19.1 Å². The number of hydrogen-bond acceptors (Lipinski definition) is 4. The fourth-order valence-corrected chi connectivity index (χ4v) is 4.46. The largest absolute Gasteiger partial charge is 0.381 e. The van der Waals surface area contributed by atoms with Gasteiger partial charge in [0.25, 0.3) is 5.91 Å². The molecule has 1 aliphatic heterocycles. The maximum Gasteiger partial charge on any atom is 0.269 e. The van der Waals surface area contributed by atoms with Gasteiger partial charge in [-0.25, -0.2) is 0 Å². The van der Waals surface area contributed by atoms with Gasteiger partial charge in [-0.15, -0.1) is 0 Å². The summed E-state index contributed by atoms with van der Waals surface area (Å²) in [5.74, 6) is 0.581. The van der Waals surface area contributed by atoms with Gasteiger partial charge in [-0.3, -0.25) is 14.3 Å². The van der Waals surface area contributed by atoms with E-state index in [1.807, 2.05) is 37.4 Å². The Kier molecular flexibility index (Phi) is 4.28. The first kappa shape index (κ1) is 18.1. The van der Waals surface area contributed by atoms with E-state index in [-0.39, 0.29) is 23.8 Å². The second kappa shape index (κ2) is 6.84. The van der Waals surface area contributed by atoms with Crippen LogP contribution in [0, 0.1) is 11.8 Å². The number of nitrogens with one attached hydrogen (secondary N) is 2. The summed E-state index contributed by atoms with van der Waals surface area (Å²) in [4.78, 5) is 28.6. The molecule has 1 aliphatic carbocycles. The number of amides is 1. The van der Waals surface area contributed by atoms with E-state index in [4.69, 9.17) is 4.74 Å². The van der Waals surface area contributed by atoms with Crippen molar-refractivity contribution in [1.29, 1.82) is 0 Å². The number of hydrogen-bond donors (Lipinski definition) is 2. The molecule has 7 heteroatoms. The van der Waals surface area contributed by atoms with E-state index in [1.54, 1.807) is 17.7 Å². The summed E-state index contributed by atoms with van der Waals surface area (Å²) in [6, 6.07) is 9.65. The number of carbonyl (C=O) groups excluding carboxylic acids is 2. The van der Waals surface area contributed by atoms with Gasteiger partial charge in [-0.05, 0) is 24.6 Å². The molecule has 2 aliphatic rings. The molecule has 7 nitrogen and oxygen atoms in total. The summed E-state index contributed by atoms with van der Waals surface area (Å²) in [7, 11) is 0. The van der Waals surface area contributed by atoms with Crippen molar-refractivity contribution in [1.82, 2.24) is 20.1 Å². The number of aromatic nitrogens is 3. The number of nitrogens with zero attached hydrogens (tertiary/aromatic N) is 2. The van der Waals surface area contributed by atoms with Gasteiger partial charge in [0.2, 0.25) is 0 Å². The summed E-state index contributed by atoms with van der Waals surface area (Å²) in [5.41, 5.74) is 2.84. The van der Waals surface area contributed by atoms with Crippen molar-refractivity contribution in [3.05, 3.63) is 53.5 Å². The third-order valence-electron chi connectivity index (χ3n) is 6.27. The summed E-state index contributed by atoms with van der Waals surface area (Å²) < 4.78 is 7.10. The minimum Gasteiger partial charge on any atom is -0.381 e. The standard InChI is InChI=1S/C22H24N4O3/c1-3-20(27)18-9-19(22(28)24-21-15-10-29-11-16(15)21)26(25-18)12(2)13-5-4-6-17-14(13)7-8-23-17/h4-9,12,15-16,21,23H,3,10-11H2,1-2H3,(H,24,28)/t12?,15-,16+,21?. The first-order chi connectivity index (χ1) is 14.1. The fraction of sp³-hybridized carbons (Fsp3) is 0.409. The van der Waals surface area contributed by atoms with Gasteiger partial charge in [0.05, 0.1) is 19.3 Å². The molecule has 2 aromatic heterocycles. The van der Waals surface area contributed by atoms with Gasteiger partial charge in [0.1, 0.15) is 11.4 Å². The van der Waals surface area contributed by atoms with Crippen LogP contribution in [-0.2, 0) is 4.74 Å². The number of carbonyl (C=O) groups is 2. The summed E-state index contributed by atoms with van der Waals surface area (Å²) >= 11 is 0. The van der Waals surface area contributed by atoms with Crippen molar-refractivity contribution >= 4 is 22.6 Å². The van der Waals surface area contributed by atoms with E-state index in [1.165, 1.54) is 0 Å². The van der Waals surface area contributed by atoms with Crippen LogP contribution >= 0.6 is 0 Å². The first-order valence-electron chi connectivity index (χ1n) is 10.2. The molecule has 150 valence electrons.